The number of nitrogens with one attached hydrogen (secondary N) is 1. The molecule has 1 aromatic carbocycles. The zero-order valence-electron chi connectivity index (χ0n) is 10.3. The van der Waals surface area contributed by atoms with Crippen molar-refractivity contribution in [1.82, 2.24) is 4.98 Å². The highest BCUT2D eigenvalue weighted by molar-refractivity contribution is 6.10. The molecule has 17 heavy (non-hydrogen) atoms. The second-order valence-corrected chi connectivity index (χ2v) is 4.44. The average Bonchev–Trinajstić information content (AvgIpc) is 2.64. The number of carbonyl (C=O) groups is 1. The molecule has 0 atom stereocenters. The van der Waals surface area contributed by atoms with Crippen molar-refractivity contribution in [3.63, 3.8) is 0 Å². The number of hydrogen-bond acceptors (Lipinski definition) is 2. The first-order valence-corrected chi connectivity index (χ1v) is 5.96. The van der Waals surface area contributed by atoms with E-state index in [0.717, 1.165) is 34.1 Å². The Bertz CT molecular complexity index is 555. The van der Waals surface area contributed by atoms with E-state index in [1.807, 2.05) is 32.0 Å². The third kappa shape index (κ3) is 2.11. The molecule has 0 amide bonds. The van der Waals surface area contributed by atoms with Gasteiger partial charge in [-0.05, 0) is 38.4 Å². The third-order valence-electron chi connectivity index (χ3n) is 3.11. The van der Waals surface area contributed by atoms with E-state index in [1.165, 1.54) is 0 Å². The van der Waals surface area contributed by atoms with Crippen LogP contribution in [0.2, 0.25) is 0 Å². The number of nitrogens with two attached hydrogens (primary N) is 1. The van der Waals surface area contributed by atoms with Crippen LogP contribution < -0.4 is 5.73 Å². The van der Waals surface area contributed by atoms with Gasteiger partial charge in [0.1, 0.15) is 0 Å². The molecule has 0 fully saturated rings. The zero-order valence-corrected chi connectivity index (χ0v) is 10.3. The van der Waals surface area contributed by atoms with Gasteiger partial charge >= 0.3 is 0 Å². The van der Waals surface area contributed by atoms with Gasteiger partial charge in [-0.3, -0.25) is 4.79 Å². The number of fused-ring (bicyclic) bond motifs is 1. The summed E-state index contributed by atoms with van der Waals surface area (Å²) in [5, 5.41) is 1.06. The fourth-order valence-electron chi connectivity index (χ4n) is 2.29. The molecule has 0 saturated heterocycles. The quantitative estimate of drug-likeness (QED) is 0.793. The highest BCUT2D eigenvalue weighted by Gasteiger charge is 2.16. The predicted molar refractivity (Wildman–Crippen MR) is 70.4 cm³/mol. The Hall–Kier alpha value is -1.61. The number of aryl methyl sites for hydroxylation is 2. The van der Waals surface area contributed by atoms with Crippen LogP contribution in [0.3, 0.4) is 0 Å². The Kier molecular flexibility index (Phi) is 3.29. The van der Waals surface area contributed by atoms with Gasteiger partial charge in [-0.15, -0.1) is 0 Å². The number of H-pyrrole nitrogens is 1. The van der Waals surface area contributed by atoms with Crippen molar-refractivity contribution < 1.29 is 4.79 Å². The molecule has 0 aliphatic heterocycles. The maximum absolute atomic E-state index is 12.2. The normalized spacial score (nSPS) is 11.0. The molecule has 3 heteroatoms. The van der Waals surface area contributed by atoms with Crippen molar-refractivity contribution in [3.05, 3.63) is 35.0 Å². The molecule has 0 spiro atoms. The number of aromatic nitrogens is 1. The van der Waals surface area contributed by atoms with Gasteiger partial charge in [0.15, 0.2) is 5.78 Å². The van der Waals surface area contributed by atoms with E-state index in [1.54, 1.807) is 0 Å². The van der Waals surface area contributed by atoms with E-state index in [9.17, 15) is 4.79 Å². The Labute approximate surface area is 101 Å². The van der Waals surface area contributed by atoms with Crippen LogP contribution in [0.4, 0.5) is 0 Å². The van der Waals surface area contributed by atoms with Crippen LogP contribution in [-0.2, 0) is 0 Å². The molecular weight excluding hydrogens is 212 g/mol. The molecule has 0 saturated carbocycles. The molecule has 2 aromatic rings. The van der Waals surface area contributed by atoms with Gasteiger partial charge in [-0.1, -0.05) is 12.1 Å². The number of ketones is 1. The van der Waals surface area contributed by atoms with Gasteiger partial charge < -0.3 is 10.7 Å². The van der Waals surface area contributed by atoms with E-state index in [2.05, 4.69) is 4.98 Å². The summed E-state index contributed by atoms with van der Waals surface area (Å²) in [5.41, 5.74) is 9.43. The molecule has 1 aromatic heterocycles. The van der Waals surface area contributed by atoms with Gasteiger partial charge in [0.2, 0.25) is 0 Å². The minimum Gasteiger partial charge on any atom is -0.358 e. The number of carbonyl (C=O) groups excluding carboxylic acids is 1. The standard InChI is InChI=1S/C14H18N2O/c1-9-5-3-6-11-13(9)14(10(2)16-11)12(17)7-4-8-15/h3,5-6,16H,4,7-8,15H2,1-2H3. The average molecular weight is 230 g/mol. The molecule has 0 aliphatic rings. The summed E-state index contributed by atoms with van der Waals surface area (Å²) < 4.78 is 0. The largest absolute Gasteiger partial charge is 0.358 e. The SMILES string of the molecule is Cc1[nH]c2cccc(C)c2c1C(=O)CCCN. The second-order valence-electron chi connectivity index (χ2n) is 4.44. The highest BCUT2D eigenvalue weighted by Crippen LogP contribution is 2.26. The summed E-state index contributed by atoms with van der Waals surface area (Å²) in [5.74, 6) is 0.188. The lowest BCUT2D eigenvalue weighted by atomic mass is 10.00. The summed E-state index contributed by atoms with van der Waals surface area (Å²) in [7, 11) is 0. The first-order valence-electron chi connectivity index (χ1n) is 5.96. The number of aromatic amines is 1. The topological polar surface area (TPSA) is 58.9 Å². The van der Waals surface area contributed by atoms with Gasteiger partial charge in [0.05, 0.1) is 0 Å². The Balaban J connectivity index is 2.52. The lowest BCUT2D eigenvalue weighted by molar-refractivity contribution is 0.0982. The first kappa shape index (κ1) is 11.9. The molecule has 3 nitrogen and oxygen atoms in total. The maximum atomic E-state index is 12.2. The molecule has 3 N–H and O–H groups in total. The molecule has 0 bridgehead atoms. The minimum absolute atomic E-state index is 0.188. The molecular formula is C14H18N2O. The molecule has 90 valence electrons. The van der Waals surface area contributed by atoms with Gasteiger partial charge in [-0.25, -0.2) is 0 Å². The van der Waals surface area contributed by atoms with Crippen LogP contribution in [0.1, 0.15) is 34.5 Å². The monoisotopic (exact) mass is 230 g/mol. The third-order valence-corrected chi connectivity index (χ3v) is 3.11. The summed E-state index contributed by atoms with van der Waals surface area (Å²) in [6.07, 6.45) is 1.27. The van der Waals surface area contributed by atoms with Crippen molar-refractivity contribution in [3.8, 4) is 0 Å². The smallest absolute Gasteiger partial charge is 0.165 e. The van der Waals surface area contributed by atoms with Crippen LogP contribution in [0.5, 0.6) is 0 Å². The zero-order chi connectivity index (χ0) is 12.4. The molecule has 0 unspecified atom stereocenters. The lowest BCUT2D eigenvalue weighted by Gasteiger charge is -2.02. The predicted octanol–water partition coefficient (Wildman–Crippen LogP) is 2.71. The van der Waals surface area contributed by atoms with Crippen LogP contribution in [-0.4, -0.2) is 17.3 Å². The van der Waals surface area contributed by atoms with Crippen molar-refractivity contribution >= 4 is 16.7 Å². The summed E-state index contributed by atoms with van der Waals surface area (Å²) in [4.78, 5) is 15.4. The van der Waals surface area contributed by atoms with Gasteiger partial charge in [0.25, 0.3) is 0 Å². The summed E-state index contributed by atoms with van der Waals surface area (Å²) >= 11 is 0. The van der Waals surface area contributed by atoms with Crippen LogP contribution in [0.15, 0.2) is 18.2 Å². The molecule has 0 radical (unpaired) electrons. The van der Waals surface area contributed by atoms with Crippen LogP contribution >= 0.6 is 0 Å². The highest BCUT2D eigenvalue weighted by atomic mass is 16.1. The number of hydrogen-bond donors (Lipinski definition) is 2. The van der Waals surface area contributed by atoms with Crippen molar-refractivity contribution in [2.45, 2.75) is 26.7 Å². The summed E-state index contributed by atoms with van der Waals surface area (Å²) in [6, 6.07) is 6.05. The van der Waals surface area contributed by atoms with E-state index >= 15 is 0 Å². The Morgan fingerprint density at radius 1 is 1.35 bits per heavy atom. The lowest BCUT2D eigenvalue weighted by Crippen LogP contribution is -2.05. The van der Waals surface area contributed by atoms with E-state index in [4.69, 9.17) is 5.73 Å². The number of benzene rings is 1. The molecule has 1 heterocycles. The summed E-state index contributed by atoms with van der Waals surface area (Å²) in [6.45, 7) is 4.55. The number of rotatable bonds is 4. The number of Topliss-reactive ketones (excluding diaryl/α,β-unsaturated/α-hetero) is 1. The van der Waals surface area contributed by atoms with Gasteiger partial charge in [0, 0.05) is 28.6 Å². The second kappa shape index (κ2) is 4.72. The van der Waals surface area contributed by atoms with E-state index in [0.29, 0.717) is 13.0 Å². The van der Waals surface area contributed by atoms with E-state index < -0.39 is 0 Å². The van der Waals surface area contributed by atoms with Crippen molar-refractivity contribution in [1.29, 1.82) is 0 Å². The van der Waals surface area contributed by atoms with Crippen molar-refractivity contribution in [2.24, 2.45) is 5.73 Å². The fraction of sp³-hybridized carbons (Fsp3) is 0.357. The van der Waals surface area contributed by atoms with Crippen molar-refractivity contribution in [2.75, 3.05) is 6.54 Å². The molecule has 2 rings (SSSR count). The van der Waals surface area contributed by atoms with Gasteiger partial charge in [-0.2, -0.15) is 0 Å². The Morgan fingerprint density at radius 2 is 2.12 bits per heavy atom. The fourth-order valence-corrected chi connectivity index (χ4v) is 2.29. The first-order chi connectivity index (χ1) is 8.15. The molecule has 0 aliphatic carbocycles. The Morgan fingerprint density at radius 3 is 2.82 bits per heavy atom. The van der Waals surface area contributed by atoms with Crippen LogP contribution in [0.25, 0.3) is 10.9 Å². The van der Waals surface area contributed by atoms with E-state index in [-0.39, 0.29) is 5.78 Å². The van der Waals surface area contributed by atoms with Crippen LogP contribution in [0, 0.1) is 13.8 Å². The minimum atomic E-state index is 0.188. The maximum Gasteiger partial charge on any atom is 0.165 e.